The molecule has 1 heterocycles. The van der Waals surface area contributed by atoms with Crippen LogP contribution in [0.4, 0.5) is 21.5 Å². The van der Waals surface area contributed by atoms with Crippen molar-refractivity contribution in [1.29, 1.82) is 0 Å². The van der Waals surface area contributed by atoms with E-state index in [1.807, 2.05) is 7.05 Å². The minimum absolute atomic E-state index is 0.360. The Morgan fingerprint density at radius 1 is 1.33 bits per heavy atom. The summed E-state index contributed by atoms with van der Waals surface area (Å²) in [5, 5.41) is 6.99. The fourth-order valence-electron chi connectivity index (χ4n) is 1.34. The SMILES string of the molecule is Cn1cc(Nc2cc(N)cc(F)c2)cn1. The normalized spacial score (nSPS) is 10.3. The molecule has 15 heavy (non-hydrogen) atoms. The Kier molecular flexibility index (Phi) is 2.29. The third-order valence-corrected chi connectivity index (χ3v) is 1.91. The fourth-order valence-corrected chi connectivity index (χ4v) is 1.34. The van der Waals surface area contributed by atoms with Gasteiger partial charge in [-0.1, -0.05) is 0 Å². The average molecular weight is 206 g/mol. The number of aromatic nitrogens is 2. The van der Waals surface area contributed by atoms with Crippen LogP contribution in [0.1, 0.15) is 0 Å². The molecule has 0 amide bonds. The Labute approximate surface area is 86.5 Å². The molecule has 1 aromatic carbocycles. The van der Waals surface area contributed by atoms with Crippen LogP contribution in [0.2, 0.25) is 0 Å². The summed E-state index contributed by atoms with van der Waals surface area (Å²) in [7, 11) is 1.81. The predicted octanol–water partition coefficient (Wildman–Crippen LogP) is 1.88. The van der Waals surface area contributed by atoms with E-state index >= 15 is 0 Å². The molecule has 0 saturated heterocycles. The largest absolute Gasteiger partial charge is 0.399 e. The monoisotopic (exact) mass is 206 g/mol. The molecule has 0 bridgehead atoms. The Bertz CT molecular complexity index is 458. The highest BCUT2D eigenvalue weighted by Gasteiger charge is 2.00. The van der Waals surface area contributed by atoms with E-state index in [0.29, 0.717) is 11.4 Å². The second kappa shape index (κ2) is 3.61. The van der Waals surface area contributed by atoms with Crippen LogP contribution in [0.3, 0.4) is 0 Å². The van der Waals surface area contributed by atoms with Crippen molar-refractivity contribution in [3.8, 4) is 0 Å². The van der Waals surface area contributed by atoms with E-state index in [0.717, 1.165) is 5.69 Å². The molecule has 0 atom stereocenters. The molecule has 0 spiro atoms. The molecule has 2 aromatic rings. The summed E-state index contributed by atoms with van der Waals surface area (Å²) in [6.45, 7) is 0. The zero-order chi connectivity index (χ0) is 10.8. The van der Waals surface area contributed by atoms with Crippen molar-refractivity contribution in [3.63, 3.8) is 0 Å². The maximum atomic E-state index is 13.0. The lowest BCUT2D eigenvalue weighted by Crippen LogP contribution is -1.93. The van der Waals surface area contributed by atoms with Crippen molar-refractivity contribution >= 4 is 17.1 Å². The first-order valence-corrected chi connectivity index (χ1v) is 4.45. The van der Waals surface area contributed by atoms with Crippen molar-refractivity contribution < 1.29 is 4.39 Å². The summed E-state index contributed by atoms with van der Waals surface area (Å²) in [5.41, 5.74) is 7.31. The molecule has 4 nitrogen and oxygen atoms in total. The Balaban J connectivity index is 2.24. The molecule has 78 valence electrons. The summed E-state index contributed by atoms with van der Waals surface area (Å²) in [6.07, 6.45) is 3.45. The van der Waals surface area contributed by atoms with Crippen LogP contribution in [0, 0.1) is 5.82 Å². The zero-order valence-electron chi connectivity index (χ0n) is 8.24. The van der Waals surface area contributed by atoms with Crippen LogP contribution in [0.5, 0.6) is 0 Å². The van der Waals surface area contributed by atoms with Crippen LogP contribution in [-0.2, 0) is 7.05 Å². The number of rotatable bonds is 2. The van der Waals surface area contributed by atoms with Gasteiger partial charge < -0.3 is 11.1 Å². The maximum Gasteiger partial charge on any atom is 0.127 e. The molecule has 0 aliphatic rings. The quantitative estimate of drug-likeness (QED) is 0.738. The summed E-state index contributed by atoms with van der Waals surface area (Å²) in [4.78, 5) is 0. The molecule has 5 heteroatoms. The highest BCUT2D eigenvalue weighted by Crippen LogP contribution is 2.19. The first-order chi connectivity index (χ1) is 7.13. The third kappa shape index (κ3) is 2.25. The number of halogens is 1. The Hall–Kier alpha value is -2.04. The van der Waals surface area contributed by atoms with Crippen molar-refractivity contribution in [1.82, 2.24) is 9.78 Å². The van der Waals surface area contributed by atoms with Crippen LogP contribution in [0.25, 0.3) is 0 Å². The van der Waals surface area contributed by atoms with E-state index in [1.54, 1.807) is 23.1 Å². The lowest BCUT2D eigenvalue weighted by Gasteiger charge is -2.04. The van der Waals surface area contributed by atoms with E-state index in [-0.39, 0.29) is 5.82 Å². The van der Waals surface area contributed by atoms with E-state index in [4.69, 9.17) is 5.73 Å². The Morgan fingerprint density at radius 3 is 2.73 bits per heavy atom. The van der Waals surface area contributed by atoms with Gasteiger partial charge in [-0.15, -0.1) is 0 Å². The second-order valence-corrected chi connectivity index (χ2v) is 3.30. The molecule has 0 saturated carbocycles. The first kappa shape index (κ1) is 9.51. The van der Waals surface area contributed by atoms with Crippen molar-refractivity contribution in [2.24, 2.45) is 7.05 Å². The second-order valence-electron chi connectivity index (χ2n) is 3.30. The maximum absolute atomic E-state index is 13.0. The number of anilines is 3. The first-order valence-electron chi connectivity index (χ1n) is 4.45. The summed E-state index contributed by atoms with van der Waals surface area (Å²) >= 11 is 0. The minimum Gasteiger partial charge on any atom is -0.399 e. The number of nitrogen functional groups attached to an aromatic ring is 1. The van der Waals surface area contributed by atoms with Crippen LogP contribution in [0.15, 0.2) is 30.6 Å². The van der Waals surface area contributed by atoms with Gasteiger partial charge in [-0.3, -0.25) is 4.68 Å². The van der Waals surface area contributed by atoms with Crippen molar-refractivity contribution in [2.75, 3.05) is 11.1 Å². The number of nitrogens with one attached hydrogen (secondary N) is 1. The van der Waals surface area contributed by atoms with Crippen LogP contribution < -0.4 is 11.1 Å². The topological polar surface area (TPSA) is 55.9 Å². The van der Waals surface area contributed by atoms with Gasteiger partial charge in [0, 0.05) is 24.6 Å². The zero-order valence-corrected chi connectivity index (χ0v) is 8.24. The molecule has 0 aliphatic heterocycles. The minimum atomic E-state index is -0.360. The van der Waals surface area contributed by atoms with E-state index in [2.05, 4.69) is 10.4 Å². The Morgan fingerprint density at radius 2 is 2.13 bits per heavy atom. The third-order valence-electron chi connectivity index (χ3n) is 1.91. The summed E-state index contributed by atoms with van der Waals surface area (Å²) in [6, 6.07) is 4.31. The molecule has 0 radical (unpaired) electrons. The van der Waals surface area contributed by atoms with Gasteiger partial charge in [-0.05, 0) is 18.2 Å². The van der Waals surface area contributed by atoms with E-state index < -0.39 is 0 Å². The highest BCUT2D eigenvalue weighted by atomic mass is 19.1. The fraction of sp³-hybridized carbons (Fsp3) is 0.100. The number of benzene rings is 1. The molecule has 0 fully saturated rings. The number of hydrogen-bond acceptors (Lipinski definition) is 3. The van der Waals surface area contributed by atoms with Crippen molar-refractivity contribution in [2.45, 2.75) is 0 Å². The smallest absolute Gasteiger partial charge is 0.127 e. The summed E-state index contributed by atoms with van der Waals surface area (Å²) in [5.74, 6) is -0.360. The lowest BCUT2D eigenvalue weighted by atomic mass is 10.2. The van der Waals surface area contributed by atoms with Gasteiger partial charge in [0.1, 0.15) is 5.82 Å². The van der Waals surface area contributed by atoms with Gasteiger partial charge in [0.05, 0.1) is 11.9 Å². The molecule has 0 unspecified atom stereocenters. The number of aryl methyl sites for hydroxylation is 1. The average Bonchev–Trinajstić information content (AvgIpc) is 2.49. The number of hydrogen-bond donors (Lipinski definition) is 2. The molecule has 0 aliphatic carbocycles. The molecular weight excluding hydrogens is 195 g/mol. The molecule has 2 rings (SSSR count). The van der Waals surface area contributed by atoms with Gasteiger partial charge in [0.25, 0.3) is 0 Å². The van der Waals surface area contributed by atoms with E-state index in [1.165, 1.54) is 12.1 Å². The van der Waals surface area contributed by atoms with Gasteiger partial charge in [-0.25, -0.2) is 4.39 Å². The lowest BCUT2D eigenvalue weighted by molar-refractivity contribution is 0.629. The van der Waals surface area contributed by atoms with Crippen LogP contribution in [-0.4, -0.2) is 9.78 Å². The summed E-state index contributed by atoms with van der Waals surface area (Å²) < 4.78 is 14.7. The molecule has 1 aromatic heterocycles. The van der Waals surface area contributed by atoms with Gasteiger partial charge in [0.2, 0.25) is 0 Å². The number of nitrogens with zero attached hydrogens (tertiary/aromatic N) is 2. The molecule has 3 N–H and O–H groups in total. The predicted molar refractivity (Wildman–Crippen MR) is 57.3 cm³/mol. The number of nitrogens with two attached hydrogens (primary N) is 1. The molecular formula is C10H11FN4. The van der Waals surface area contributed by atoms with Crippen molar-refractivity contribution in [3.05, 3.63) is 36.4 Å². The standard InChI is InChI=1S/C10H11FN4/c1-15-6-10(5-13-15)14-9-3-7(11)2-8(12)4-9/h2-6,14H,12H2,1H3. The highest BCUT2D eigenvalue weighted by molar-refractivity contribution is 5.62. The van der Waals surface area contributed by atoms with Crippen LogP contribution >= 0.6 is 0 Å². The van der Waals surface area contributed by atoms with Gasteiger partial charge in [0.15, 0.2) is 0 Å². The van der Waals surface area contributed by atoms with E-state index in [9.17, 15) is 4.39 Å². The van der Waals surface area contributed by atoms with Gasteiger partial charge >= 0.3 is 0 Å². The van der Waals surface area contributed by atoms with Gasteiger partial charge in [-0.2, -0.15) is 5.10 Å².